The first-order valence-corrected chi connectivity index (χ1v) is 6.51. The average Bonchev–Trinajstić information content (AvgIpc) is 2.02. The van der Waals surface area contributed by atoms with Gasteiger partial charge in [-0.15, -0.1) is 0 Å². The lowest BCUT2D eigenvalue weighted by molar-refractivity contribution is -0.137. The summed E-state index contributed by atoms with van der Waals surface area (Å²) in [4.78, 5) is 11.5. The summed E-state index contributed by atoms with van der Waals surface area (Å²) in [5.41, 5.74) is -0.808. The van der Waals surface area contributed by atoms with Gasteiger partial charge in [0, 0.05) is 19.8 Å². The molecule has 0 N–H and O–H groups in total. The van der Waals surface area contributed by atoms with E-state index in [2.05, 4.69) is 0 Å². The summed E-state index contributed by atoms with van der Waals surface area (Å²) in [6.45, 7) is 3.35. The molecule has 0 aliphatic carbocycles. The maximum atomic E-state index is 11.5. The third-order valence-electron chi connectivity index (χ3n) is 2.10. The van der Waals surface area contributed by atoms with Gasteiger partial charge < -0.3 is 4.74 Å². The van der Waals surface area contributed by atoms with Crippen molar-refractivity contribution < 1.29 is 17.9 Å². The molecule has 0 atom stereocenters. The number of hydrogen-bond acceptors (Lipinski definition) is 4. The predicted molar refractivity (Wildman–Crippen MR) is 55.0 cm³/mol. The number of ketones is 1. The molecule has 0 rings (SSSR count). The van der Waals surface area contributed by atoms with Crippen LogP contribution < -0.4 is 0 Å². The lowest BCUT2D eigenvalue weighted by Crippen LogP contribution is -2.33. The topological polar surface area (TPSA) is 60.4 Å². The molecule has 0 aromatic rings. The standard InChI is InChI=1S/C9H18O4S/c1-9(2,13-3)8(10)6-5-7-14(4,11)12/h5-7H2,1-4H3. The lowest BCUT2D eigenvalue weighted by Gasteiger charge is -2.20. The van der Waals surface area contributed by atoms with Crippen molar-refractivity contribution in [1.29, 1.82) is 0 Å². The van der Waals surface area contributed by atoms with E-state index in [9.17, 15) is 13.2 Å². The van der Waals surface area contributed by atoms with E-state index in [0.29, 0.717) is 6.42 Å². The summed E-state index contributed by atoms with van der Waals surface area (Å²) >= 11 is 0. The summed E-state index contributed by atoms with van der Waals surface area (Å²) in [5.74, 6) is -0.0120. The maximum Gasteiger partial charge on any atom is 0.164 e. The Labute approximate surface area is 85.6 Å². The molecule has 84 valence electrons. The molecular formula is C9H18O4S. The SMILES string of the molecule is COC(C)(C)C(=O)CCCS(C)(=O)=O. The molecule has 0 bridgehead atoms. The Bertz CT molecular complexity index is 290. The van der Waals surface area contributed by atoms with E-state index in [4.69, 9.17) is 4.74 Å². The summed E-state index contributed by atoms with van der Waals surface area (Å²) in [6.07, 6.45) is 1.78. The molecule has 0 fully saturated rings. The summed E-state index contributed by atoms with van der Waals surface area (Å²) < 4.78 is 26.6. The van der Waals surface area contributed by atoms with Gasteiger partial charge in [0.05, 0.1) is 5.75 Å². The second-order valence-corrected chi connectivity index (χ2v) is 6.13. The molecule has 0 unspecified atom stereocenters. The van der Waals surface area contributed by atoms with Gasteiger partial charge in [-0.1, -0.05) is 0 Å². The summed E-state index contributed by atoms with van der Waals surface area (Å²) in [5, 5.41) is 0. The molecule has 0 amide bonds. The normalized spacial score (nSPS) is 12.9. The van der Waals surface area contributed by atoms with Gasteiger partial charge in [-0.2, -0.15) is 0 Å². The number of carbonyl (C=O) groups excluding carboxylic acids is 1. The van der Waals surface area contributed by atoms with Crippen molar-refractivity contribution in [3.8, 4) is 0 Å². The zero-order valence-electron chi connectivity index (χ0n) is 9.16. The maximum absolute atomic E-state index is 11.5. The molecule has 0 spiro atoms. The zero-order valence-corrected chi connectivity index (χ0v) is 9.98. The molecule has 0 radical (unpaired) electrons. The molecule has 4 nitrogen and oxygen atoms in total. The molecular weight excluding hydrogens is 204 g/mol. The Balaban J connectivity index is 3.99. The minimum atomic E-state index is -2.97. The van der Waals surface area contributed by atoms with Crippen molar-refractivity contribution in [3.63, 3.8) is 0 Å². The molecule has 0 aliphatic heterocycles. The van der Waals surface area contributed by atoms with Gasteiger partial charge in [0.2, 0.25) is 0 Å². The van der Waals surface area contributed by atoms with E-state index < -0.39 is 15.4 Å². The number of methoxy groups -OCH3 is 1. The molecule has 0 aromatic carbocycles. The van der Waals surface area contributed by atoms with Crippen LogP contribution in [0.5, 0.6) is 0 Å². The molecule has 0 saturated heterocycles. The minimum absolute atomic E-state index is 0.0541. The van der Waals surface area contributed by atoms with Crippen LogP contribution in [-0.4, -0.2) is 38.9 Å². The van der Waals surface area contributed by atoms with Crippen molar-refractivity contribution in [2.24, 2.45) is 0 Å². The number of carbonyl (C=O) groups is 1. The smallest absolute Gasteiger partial charge is 0.164 e. The molecule has 0 aliphatic rings. The molecule has 0 aromatic heterocycles. The molecule has 5 heteroatoms. The van der Waals surface area contributed by atoms with Crippen LogP contribution in [-0.2, 0) is 19.4 Å². The van der Waals surface area contributed by atoms with Crippen LogP contribution >= 0.6 is 0 Å². The third kappa shape index (κ3) is 5.34. The van der Waals surface area contributed by atoms with Gasteiger partial charge in [-0.3, -0.25) is 4.79 Å². The molecule has 14 heavy (non-hydrogen) atoms. The second-order valence-electron chi connectivity index (χ2n) is 3.87. The van der Waals surface area contributed by atoms with E-state index in [1.54, 1.807) is 13.8 Å². The van der Waals surface area contributed by atoms with E-state index >= 15 is 0 Å². The van der Waals surface area contributed by atoms with Crippen LogP contribution in [0.4, 0.5) is 0 Å². The van der Waals surface area contributed by atoms with Gasteiger partial charge in [0.1, 0.15) is 15.4 Å². The number of Topliss-reactive ketones (excluding diaryl/α,β-unsaturated/α-hetero) is 1. The van der Waals surface area contributed by atoms with Crippen LogP contribution in [0.1, 0.15) is 26.7 Å². The van der Waals surface area contributed by atoms with Gasteiger partial charge >= 0.3 is 0 Å². The highest BCUT2D eigenvalue weighted by molar-refractivity contribution is 7.90. The first-order valence-electron chi connectivity index (χ1n) is 4.45. The van der Waals surface area contributed by atoms with Gasteiger partial charge in [0.15, 0.2) is 5.78 Å². The lowest BCUT2D eigenvalue weighted by atomic mass is 10.00. The Morgan fingerprint density at radius 2 is 1.86 bits per heavy atom. The highest BCUT2D eigenvalue weighted by Crippen LogP contribution is 2.12. The largest absolute Gasteiger partial charge is 0.371 e. The van der Waals surface area contributed by atoms with Crippen LogP contribution in [0.15, 0.2) is 0 Å². The zero-order chi connectivity index (χ0) is 11.4. The Hall–Kier alpha value is -0.420. The van der Waals surface area contributed by atoms with Crippen LogP contribution in [0.2, 0.25) is 0 Å². The summed E-state index contributed by atoms with van der Waals surface area (Å²) in [7, 11) is -1.50. The fourth-order valence-electron chi connectivity index (χ4n) is 0.910. The van der Waals surface area contributed by atoms with Crippen LogP contribution in [0.3, 0.4) is 0 Å². The monoisotopic (exact) mass is 222 g/mol. The quantitative estimate of drug-likeness (QED) is 0.667. The third-order valence-corrected chi connectivity index (χ3v) is 3.13. The first-order chi connectivity index (χ1) is 6.19. The second kappa shape index (κ2) is 4.89. The van der Waals surface area contributed by atoms with E-state index in [0.717, 1.165) is 0 Å². The molecule has 0 heterocycles. The number of sulfone groups is 1. The Kier molecular flexibility index (Phi) is 4.74. The fraction of sp³-hybridized carbons (Fsp3) is 0.889. The fourth-order valence-corrected chi connectivity index (χ4v) is 1.58. The molecule has 0 saturated carbocycles. The van der Waals surface area contributed by atoms with Crippen molar-refractivity contribution in [3.05, 3.63) is 0 Å². The number of hydrogen-bond donors (Lipinski definition) is 0. The van der Waals surface area contributed by atoms with Crippen LogP contribution in [0.25, 0.3) is 0 Å². The van der Waals surface area contributed by atoms with E-state index in [1.165, 1.54) is 13.4 Å². The van der Waals surface area contributed by atoms with Gasteiger partial charge in [-0.05, 0) is 20.3 Å². The first kappa shape index (κ1) is 13.6. The summed E-state index contributed by atoms with van der Waals surface area (Å²) in [6, 6.07) is 0. The minimum Gasteiger partial charge on any atom is -0.371 e. The van der Waals surface area contributed by atoms with E-state index in [1.807, 2.05) is 0 Å². The van der Waals surface area contributed by atoms with Crippen molar-refractivity contribution in [2.75, 3.05) is 19.1 Å². The van der Waals surface area contributed by atoms with E-state index in [-0.39, 0.29) is 18.0 Å². The number of rotatable bonds is 6. The van der Waals surface area contributed by atoms with Gasteiger partial charge in [0.25, 0.3) is 0 Å². The predicted octanol–water partition coefficient (Wildman–Crippen LogP) is 0.805. The van der Waals surface area contributed by atoms with Crippen molar-refractivity contribution >= 4 is 15.6 Å². The van der Waals surface area contributed by atoms with Crippen LogP contribution in [0, 0.1) is 0 Å². The van der Waals surface area contributed by atoms with Crippen molar-refractivity contribution in [2.45, 2.75) is 32.3 Å². The number of ether oxygens (including phenoxy) is 1. The highest BCUT2D eigenvalue weighted by Gasteiger charge is 2.26. The Morgan fingerprint density at radius 1 is 1.36 bits per heavy atom. The Morgan fingerprint density at radius 3 is 2.21 bits per heavy atom. The van der Waals surface area contributed by atoms with Crippen molar-refractivity contribution in [1.82, 2.24) is 0 Å². The average molecular weight is 222 g/mol. The highest BCUT2D eigenvalue weighted by atomic mass is 32.2. The van der Waals surface area contributed by atoms with Gasteiger partial charge in [-0.25, -0.2) is 8.42 Å².